The maximum atomic E-state index is 11.8. The van der Waals surface area contributed by atoms with E-state index in [1.807, 2.05) is 28.8 Å². The summed E-state index contributed by atoms with van der Waals surface area (Å²) in [5.41, 5.74) is 0.837. The van der Waals surface area contributed by atoms with Crippen LogP contribution < -0.4 is 10.6 Å². The summed E-state index contributed by atoms with van der Waals surface area (Å²) < 4.78 is 1.95. The molecule has 2 aromatic rings. The molecule has 0 spiro atoms. The van der Waals surface area contributed by atoms with Gasteiger partial charge in [-0.1, -0.05) is 6.07 Å². The number of rotatable bonds is 5. The van der Waals surface area contributed by atoms with Crippen LogP contribution in [-0.4, -0.2) is 39.6 Å². The van der Waals surface area contributed by atoms with E-state index in [9.17, 15) is 4.79 Å². The molecule has 20 heavy (non-hydrogen) atoms. The lowest BCUT2D eigenvalue weighted by molar-refractivity contribution is -0.121. The summed E-state index contributed by atoms with van der Waals surface area (Å²) in [4.78, 5) is 11.8. The Labute approximate surface area is 117 Å². The molecule has 1 atom stereocenters. The highest BCUT2D eigenvalue weighted by atomic mass is 16.1. The van der Waals surface area contributed by atoms with Crippen molar-refractivity contribution in [2.75, 3.05) is 13.1 Å². The number of hydrogen-bond acceptors (Lipinski definition) is 4. The fourth-order valence-electron chi connectivity index (χ4n) is 2.60. The summed E-state index contributed by atoms with van der Waals surface area (Å²) in [5.74, 6) is 0.984. The smallest absolute Gasteiger partial charge is 0.221 e. The van der Waals surface area contributed by atoms with Crippen LogP contribution >= 0.6 is 0 Å². The van der Waals surface area contributed by atoms with Crippen molar-refractivity contribution in [1.82, 2.24) is 25.2 Å². The first kappa shape index (κ1) is 13.1. The second-order valence-corrected chi connectivity index (χ2v) is 5.14. The van der Waals surface area contributed by atoms with Crippen LogP contribution in [0.1, 0.15) is 25.1 Å². The van der Waals surface area contributed by atoms with Gasteiger partial charge in [0.1, 0.15) is 5.82 Å². The molecule has 0 bridgehead atoms. The van der Waals surface area contributed by atoms with Crippen molar-refractivity contribution in [3.8, 4) is 0 Å². The van der Waals surface area contributed by atoms with Gasteiger partial charge in [0.25, 0.3) is 0 Å². The number of aromatic nitrogens is 3. The molecule has 0 saturated carbocycles. The lowest BCUT2D eigenvalue weighted by atomic mass is 10.1. The Morgan fingerprint density at radius 2 is 2.40 bits per heavy atom. The third kappa shape index (κ3) is 2.96. The minimum Gasteiger partial charge on any atom is -0.356 e. The van der Waals surface area contributed by atoms with Crippen LogP contribution in [0.15, 0.2) is 24.4 Å². The van der Waals surface area contributed by atoms with Gasteiger partial charge in [0, 0.05) is 31.6 Å². The summed E-state index contributed by atoms with van der Waals surface area (Å²) in [5, 5.41) is 14.5. The average molecular weight is 273 g/mol. The topological polar surface area (TPSA) is 71.3 Å². The molecular formula is C14H19N5O. The van der Waals surface area contributed by atoms with E-state index in [0.29, 0.717) is 25.4 Å². The molecular weight excluding hydrogens is 254 g/mol. The Kier molecular flexibility index (Phi) is 3.92. The molecule has 1 unspecified atom stereocenters. The van der Waals surface area contributed by atoms with Crippen LogP contribution in [0.4, 0.5) is 0 Å². The molecule has 1 fully saturated rings. The minimum atomic E-state index is 0.109. The van der Waals surface area contributed by atoms with E-state index < -0.39 is 0 Å². The fraction of sp³-hybridized carbons (Fsp3) is 0.500. The van der Waals surface area contributed by atoms with Gasteiger partial charge in [-0.05, 0) is 31.5 Å². The number of carbonyl (C=O) groups excluding carboxylic acids is 1. The molecule has 6 nitrogen and oxygen atoms in total. The molecule has 1 aliphatic heterocycles. The third-order valence-electron chi connectivity index (χ3n) is 3.65. The van der Waals surface area contributed by atoms with E-state index in [0.717, 1.165) is 24.4 Å². The van der Waals surface area contributed by atoms with E-state index in [4.69, 9.17) is 0 Å². The predicted molar refractivity (Wildman–Crippen MR) is 75.3 cm³/mol. The second kappa shape index (κ2) is 6.00. The molecule has 2 aromatic heterocycles. The predicted octanol–water partition coefficient (Wildman–Crippen LogP) is 0.530. The normalized spacial score (nSPS) is 18.5. The molecule has 3 rings (SSSR count). The SMILES string of the molecule is O=C(CC1CCCN1)NCCc1nnc2ccccn12. The van der Waals surface area contributed by atoms with Crippen molar-refractivity contribution < 1.29 is 4.79 Å². The highest BCUT2D eigenvalue weighted by Gasteiger charge is 2.17. The van der Waals surface area contributed by atoms with Crippen molar-refractivity contribution in [2.24, 2.45) is 0 Å². The average Bonchev–Trinajstić information content (AvgIpc) is 3.09. The maximum absolute atomic E-state index is 11.8. The van der Waals surface area contributed by atoms with Gasteiger partial charge in [0.05, 0.1) is 0 Å². The van der Waals surface area contributed by atoms with Gasteiger partial charge in [-0.2, -0.15) is 0 Å². The molecule has 1 saturated heterocycles. The molecule has 2 N–H and O–H groups in total. The van der Waals surface area contributed by atoms with E-state index in [1.54, 1.807) is 0 Å². The van der Waals surface area contributed by atoms with Gasteiger partial charge >= 0.3 is 0 Å². The van der Waals surface area contributed by atoms with E-state index in [1.165, 1.54) is 6.42 Å². The van der Waals surface area contributed by atoms with Crippen molar-refractivity contribution >= 4 is 11.6 Å². The van der Waals surface area contributed by atoms with E-state index >= 15 is 0 Å². The summed E-state index contributed by atoms with van der Waals surface area (Å²) in [6.45, 7) is 1.63. The van der Waals surface area contributed by atoms with Gasteiger partial charge in [-0.25, -0.2) is 0 Å². The molecule has 0 aliphatic carbocycles. The number of amides is 1. The van der Waals surface area contributed by atoms with Gasteiger partial charge in [-0.3, -0.25) is 9.20 Å². The van der Waals surface area contributed by atoms with Crippen molar-refractivity contribution in [1.29, 1.82) is 0 Å². The Morgan fingerprint density at radius 1 is 1.45 bits per heavy atom. The summed E-state index contributed by atoms with van der Waals surface area (Å²) in [6.07, 6.45) is 5.47. The monoisotopic (exact) mass is 273 g/mol. The third-order valence-corrected chi connectivity index (χ3v) is 3.65. The molecule has 3 heterocycles. The lowest BCUT2D eigenvalue weighted by Gasteiger charge is -2.09. The fourth-order valence-corrected chi connectivity index (χ4v) is 2.60. The highest BCUT2D eigenvalue weighted by Crippen LogP contribution is 2.08. The quantitative estimate of drug-likeness (QED) is 0.833. The van der Waals surface area contributed by atoms with Crippen LogP contribution in [0.3, 0.4) is 0 Å². The molecule has 1 aliphatic rings. The number of carbonyl (C=O) groups is 1. The zero-order valence-corrected chi connectivity index (χ0v) is 11.4. The van der Waals surface area contributed by atoms with Crippen LogP contribution in [-0.2, 0) is 11.2 Å². The van der Waals surface area contributed by atoms with E-state index in [-0.39, 0.29) is 5.91 Å². The van der Waals surface area contributed by atoms with Gasteiger partial charge < -0.3 is 10.6 Å². The number of fused-ring (bicyclic) bond motifs is 1. The lowest BCUT2D eigenvalue weighted by Crippen LogP contribution is -2.33. The zero-order valence-electron chi connectivity index (χ0n) is 11.4. The Bertz CT molecular complexity index is 588. The Morgan fingerprint density at radius 3 is 3.25 bits per heavy atom. The summed E-state index contributed by atoms with van der Waals surface area (Å²) in [7, 11) is 0. The first-order chi connectivity index (χ1) is 9.83. The second-order valence-electron chi connectivity index (χ2n) is 5.14. The molecule has 1 amide bonds. The molecule has 106 valence electrons. The minimum absolute atomic E-state index is 0.109. The van der Waals surface area contributed by atoms with Crippen molar-refractivity contribution in [3.63, 3.8) is 0 Å². The number of nitrogens with one attached hydrogen (secondary N) is 2. The van der Waals surface area contributed by atoms with E-state index in [2.05, 4.69) is 20.8 Å². The maximum Gasteiger partial charge on any atom is 0.221 e. The summed E-state index contributed by atoms with van der Waals surface area (Å²) >= 11 is 0. The standard InChI is InChI=1S/C14H19N5O/c20-14(10-11-4-3-7-15-11)16-8-6-13-18-17-12-5-1-2-9-19(12)13/h1-2,5,9,11,15H,3-4,6-8,10H2,(H,16,20). The first-order valence-corrected chi connectivity index (χ1v) is 7.11. The molecule has 0 aromatic carbocycles. The van der Waals surface area contributed by atoms with Gasteiger partial charge in [0.15, 0.2) is 5.65 Å². The largest absolute Gasteiger partial charge is 0.356 e. The van der Waals surface area contributed by atoms with Crippen LogP contribution in [0.25, 0.3) is 5.65 Å². The van der Waals surface area contributed by atoms with Gasteiger partial charge in [0.2, 0.25) is 5.91 Å². The Hall–Kier alpha value is -1.95. The number of hydrogen-bond donors (Lipinski definition) is 2. The number of pyridine rings is 1. The zero-order chi connectivity index (χ0) is 13.8. The van der Waals surface area contributed by atoms with Crippen LogP contribution in [0.2, 0.25) is 0 Å². The number of nitrogens with zero attached hydrogens (tertiary/aromatic N) is 3. The Balaban J connectivity index is 1.48. The molecule has 6 heteroatoms. The highest BCUT2D eigenvalue weighted by molar-refractivity contribution is 5.76. The van der Waals surface area contributed by atoms with Crippen molar-refractivity contribution in [2.45, 2.75) is 31.7 Å². The summed E-state index contributed by atoms with van der Waals surface area (Å²) in [6, 6.07) is 6.15. The van der Waals surface area contributed by atoms with Crippen LogP contribution in [0.5, 0.6) is 0 Å². The van der Waals surface area contributed by atoms with Crippen LogP contribution in [0, 0.1) is 0 Å². The van der Waals surface area contributed by atoms with Crippen molar-refractivity contribution in [3.05, 3.63) is 30.2 Å². The van der Waals surface area contributed by atoms with Gasteiger partial charge in [-0.15, -0.1) is 10.2 Å². The first-order valence-electron chi connectivity index (χ1n) is 7.11. The molecule has 0 radical (unpaired) electrons.